The SMILES string of the molecule is CCOc1cc(C(=O)N2CCOCC2)ccc1CC. The van der Waals surface area contributed by atoms with Crippen molar-refractivity contribution >= 4 is 5.91 Å². The minimum atomic E-state index is 0.0620. The molecule has 1 aromatic carbocycles. The highest BCUT2D eigenvalue weighted by Gasteiger charge is 2.19. The summed E-state index contributed by atoms with van der Waals surface area (Å²) in [5, 5.41) is 0. The quantitative estimate of drug-likeness (QED) is 0.835. The molecule has 4 nitrogen and oxygen atoms in total. The lowest BCUT2D eigenvalue weighted by atomic mass is 10.1. The fourth-order valence-electron chi connectivity index (χ4n) is 2.22. The number of carbonyl (C=O) groups excluding carboxylic acids is 1. The fourth-order valence-corrected chi connectivity index (χ4v) is 2.22. The normalized spacial score (nSPS) is 15.4. The minimum absolute atomic E-state index is 0.0620. The molecule has 0 N–H and O–H groups in total. The van der Waals surface area contributed by atoms with Crippen LogP contribution in [0.25, 0.3) is 0 Å². The van der Waals surface area contributed by atoms with Crippen LogP contribution in [-0.4, -0.2) is 43.7 Å². The summed E-state index contributed by atoms with van der Waals surface area (Å²) in [6.45, 7) is 7.23. The van der Waals surface area contributed by atoms with E-state index < -0.39 is 0 Å². The van der Waals surface area contributed by atoms with Crippen molar-refractivity contribution in [1.29, 1.82) is 0 Å². The highest BCUT2D eigenvalue weighted by Crippen LogP contribution is 2.22. The largest absolute Gasteiger partial charge is 0.494 e. The maximum atomic E-state index is 12.4. The van der Waals surface area contributed by atoms with Crippen LogP contribution in [0.2, 0.25) is 0 Å². The van der Waals surface area contributed by atoms with Crippen molar-refractivity contribution in [1.82, 2.24) is 4.90 Å². The monoisotopic (exact) mass is 263 g/mol. The third kappa shape index (κ3) is 3.26. The molecule has 0 aliphatic carbocycles. The summed E-state index contributed by atoms with van der Waals surface area (Å²) in [5.41, 5.74) is 1.84. The van der Waals surface area contributed by atoms with Crippen molar-refractivity contribution < 1.29 is 14.3 Å². The molecule has 19 heavy (non-hydrogen) atoms. The molecule has 104 valence electrons. The molecular weight excluding hydrogens is 242 g/mol. The summed E-state index contributed by atoms with van der Waals surface area (Å²) in [4.78, 5) is 14.2. The van der Waals surface area contributed by atoms with Gasteiger partial charge in [-0.2, -0.15) is 0 Å². The molecule has 1 fully saturated rings. The Morgan fingerprint density at radius 2 is 2.05 bits per heavy atom. The zero-order valence-electron chi connectivity index (χ0n) is 11.6. The van der Waals surface area contributed by atoms with Crippen LogP contribution in [0.1, 0.15) is 29.8 Å². The van der Waals surface area contributed by atoms with E-state index in [1.54, 1.807) is 0 Å². The number of morpholine rings is 1. The van der Waals surface area contributed by atoms with Gasteiger partial charge in [0.25, 0.3) is 5.91 Å². The molecule has 1 aliphatic rings. The number of hydrogen-bond acceptors (Lipinski definition) is 3. The molecule has 0 spiro atoms. The van der Waals surface area contributed by atoms with E-state index in [9.17, 15) is 4.79 Å². The van der Waals surface area contributed by atoms with Crippen molar-refractivity contribution in [3.63, 3.8) is 0 Å². The number of hydrogen-bond donors (Lipinski definition) is 0. The van der Waals surface area contributed by atoms with Crippen molar-refractivity contribution in [3.05, 3.63) is 29.3 Å². The van der Waals surface area contributed by atoms with Gasteiger partial charge >= 0.3 is 0 Å². The molecule has 4 heteroatoms. The average molecular weight is 263 g/mol. The predicted octanol–water partition coefficient (Wildman–Crippen LogP) is 2.12. The molecule has 0 aromatic heterocycles. The molecule has 1 aromatic rings. The first-order chi connectivity index (χ1) is 9.26. The van der Waals surface area contributed by atoms with Crippen LogP contribution in [0, 0.1) is 0 Å². The Bertz CT molecular complexity index is 439. The van der Waals surface area contributed by atoms with Gasteiger partial charge in [0.15, 0.2) is 0 Å². The number of aryl methyl sites for hydroxylation is 1. The molecule has 1 saturated heterocycles. The maximum absolute atomic E-state index is 12.4. The molecule has 0 unspecified atom stereocenters. The van der Waals surface area contributed by atoms with Gasteiger partial charge in [0.2, 0.25) is 0 Å². The van der Waals surface area contributed by atoms with Gasteiger partial charge in [-0.3, -0.25) is 4.79 Å². The number of ether oxygens (including phenoxy) is 2. The summed E-state index contributed by atoms with van der Waals surface area (Å²) in [6, 6.07) is 5.73. The van der Waals surface area contributed by atoms with E-state index in [1.165, 1.54) is 0 Å². The van der Waals surface area contributed by atoms with Crippen LogP contribution in [-0.2, 0) is 11.2 Å². The Labute approximate surface area is 114 Å². The van der Waals surface area contributed by atoms with Crippen LogP contribution in [0.3, 0.4) is 0 Å². The average Bonchev–Trinajstić information content (AvgIpc) is 2.47. The lowest BCUT2D eigenvalue weighted by molar-refractivity contribution is 0.0302. The molecule has 0 atom stereocenters. The Balaban J connectivity index is 2.19. The van der Waals surface area contributed by atoms with Crippen LogP contribution in [0.15, 0.2) is 18.2 Å². The molecule has 0 saturated carbocycles. The molecule has 2 rings (SSSR count). The van der Waals surface area contributed by atoms with Gasteiger partial charge in [-0.1, -0.05) is 13.0 Å². The van der Waals surface area contributed by atoms with Gasteiger partial charge in [-0.05, 0) is 31.0 Å². The van der Waals surface area contributed by atoms with Crippen LogP contribution in [0.5, 0.6) is 5.75 Å². The minimum Gasteiger partial charge on any atom is -0.494 e. The van der Waals surface area contributed by atoms with E-state index >= 15 is 0 Å². The lowest BCUT2D eigenvalue weighted by Gasteiger charge is -2.27. The first-order valence-corrected chi connectivity index (χ1v) is 6.89. The first kappa shape index (κ1) is 13.9. The van der Waals surface area contributed by atoms with Crippen molar-refractivity contribution in [2.75, 3.05) is 32.9 Å². The lowest BCUT2D eigenvalue weighted by Crippen LogP contribution is -2.40. The van der Waals surface area contributed by atoms with Crippen LogP contribution in [0.4, 0.5) is 0 Å². The Morgan fingerprint density at radius 1 is 1.32 bits per heavy atom. The number of rotatable bonds is 4. The van der Waals surface area contributed by atoms with Crippen LogP contribution < -0.4 is 4.74 Å². The third-order valence-electron chi connectivity index (χ3n) is 3.29. The molecule has 0 radical (unpaired) electrons. The Kier molecular flexibility index (Phi) is 4.80. The molecule has 1 heterocycles. The molecule has 1 amide bonds. The Morgan fingerprint density at radius 3 is 2.68 bits per heavy atom. The van der Waals surface area contributed by atoms with E-state index in [4.69, 9.17) is 9.47 Å². The second kappa shape index (κ2) is 6.57. The van der Waals surface area contributed by atoms with Gasteiger partial charge in [-0.25, -0.2) is 0 Å². The smallest absolute Gasteiger partial charge is 0.254 e. The predicted molar refractivity (Wildman–Crippen MR) is 73.7 cm³/mol. The van der Waals surface area contributed by atoms with Crippen molar-refractivity contribution in [2.24, 2.45) is 0 Å². The van der Waals surface area contributed by atoms with Crippen LogP contribution >= 0.6 is 0 Å². The second-order valence-electron chi connectivity index (χ2n) is 4.51. The van der Waals surface area contributed by atoms with Crippen molar-refractivity contribution in [3.8, 4) is 5.75 Å². The summed E-state index contributed by atoms with van der Waals surface area (Å²) in [5.74, 6) is 0.885. The zero-order chi connectivity index (χ0) is 13.7. The summed E-state index contributed by atoms with van der Waals surface area (Å²) in [6.07, 6.45) is 0.904. The molecule has 0 bridgehead atoms. The highest BCUT2D eigenvalue weighted by molar-refractivity contribution is 5.94. The summed E-state index contributed by atoms with van der Waals surface area (Å²) < 4.78 is 10.9. The van der Waals surface area contributed by atoms with Gasteiger partial charge < -0.3 is 14.4 Å². The number of carbonyl (C=O) groups is 1. The number of benzene rings is 1. The topological polar surface area (TPSA) is 38.8 Å². The van der Waals surface area contributed by atoms with E-state index in [0.717, 1.165) is 17.7 Å². The highest BCUT2D eigenvalue weighted by atomic mass is 16.5. The van der Waals surface area contributed by atoms with Gasteiger partial charge in [0.1, 0.15) is 5.75 Å². The van der Waals surface area contributed by atoms with E-state index in [1.807, 2.05) is 30.0 Å². The fraction of sp³-hybridized carbons (Fsp3) is 0.533. The van der Waals surface area contributed by atoms with Gasteiger partial charge in [0.05, 0.1) is 19.8 Å². The van der Waals surface area contributed by atoms with Gasteiger partial charge in [0, 0.05) is 18.7 Å². The van der Waals surface area contributed by atoms with Gasteiger partial charge in [-0.15, -0.1) is 0 Å². The van der Waals surface area contributed by atoms with E-state index in [2.05, 4.69) is 6.92 Å². The van der Waals surface area contributed by atoms with E-state index in [0.29, 0.717) is 38.5 Å². The first-order valence-electron chi connectivity index (χ1n) is 6.89. The Hall–Kier alpha value is -1.55. The summed E-state index contributed by atoms with van der Waals surface area (Å²) >= 11 is 0. The molecule has 1 aliphatic heterocycles. The molecular formula is C15H21NO3. The van der Waals surface area contributed by atoms with E-state index in [-0.39, 0.29) is 5.91 Å². The maximum Gasteiger partial charge on any atom is 0.254 e. The second-order valence-corrected chi connectivity index (χ2v) is 4.51. The number of nitrogens with zero attached hydrogens (tertiary/aromatic N) is 1. The standard InChI is InChI=1S/C15H21NO3/c1-3-12-5-6-13(11-14(12)19-4-2)15(17)16-7-9-18-10-8-16/h5-6,11H,3-4,7-10H2,1-2H3. The van der Waals surface area contributed by atoms with Crippen molar-refractivity contribution in [2.45, 2.75) is 20.3 Å². The summed E-state index contributed by atoms with van der Waals surface area (Å²) in [7, 11) is 0. The number of amides is 1. The third-order valence-corrected chi connectivity index (χ3v) is 3.29. The zero-order valence-corrected chi connectivity index (χ0v) is 11.6.